The normalized spacial score (nSPS) is 23.5. The number of fused-ring (bicyclic) bond motifs is 3. The maximum atomic E-state index is 14.2. The number of carbonyl (C=O) groups is 2. The lowest BCUT2D eigenvalue weighted by Gasteiger charge is -2.36. The summed E-state index contributed by atoms with van der Waals surface area (Å²) in [6.45, 7) is 0. The molecule has 3 aromatic rings. The van der Waals surface area contributed by atoms with Gasteiger partial charge in [-0.15, -0.1) is 0 Å². The van der Waals surface area contributed by atoms with Crippen LogP contribution >= 0.6 is 0 Å². The summed E-state index contributed by atoms with van der Waals surface area (Å²) in [6.07, 6.45) is 3.59. The summed E-state index contributed by atoms with van der Waals surface area (Å²) < 4.78 is 24.6. The van der Waals surface area contributed by atoms with Gasteiger partial charge in [-0.05, 0) is 53.6 Å². The fraction of sp³-hybridized carbons (Fsp3) is 0.207. The van der Waals surface area contributed by atoms with E-state index in [9.17, 15) is 19.2 Å². The Morgan fingerprint density at radius 1 is 1.03 bits per heavy atom. The fourth-order valence-corrected chi connectivity index (χ4v) is 5.63. The highest BCUT2D eigenvalue weighted by Gasteiger charge is 2.65. The van der Waals surface area contributed by atoms with E-state index in [0.29, 0.717) is 22.7 Å². The average Bonchev–Trinajstić information content (AvgIpc) is 3.24. The Kier molecular flexibility index (Phi) is 5.92. The molecule has 0 aromatic heterocycles. The van der Waals surface area contributed by atoms with E-state index in [1.807, 2.05) is 30.3 Å². The van der Waals surface area contributed by atoms with Crippen LogP contribution in [-0.4, -0.2) is 38.0 Å². The second-order valence-electron chi connectivity index (χ2n) is 9.02. The predicted molar refractivity (Wildman–Crippen MR) is 136 cm³/mol. The number of carbonyl (C=O) groups excluding carboxylic acids is 2. The van der Waals surface area contributed by atoms with Gasteiger partial charge in [0.15, 0.2) is 22.7 Å². The third-order valence-electron chi connectivity index (χ3n) is 7.30. The lowest BCUT2D eigenvalue weighted by molar-refractivity contribution is -0.125. The van der Waals surface area contributed by atoms with Crippen LogP contribution in [0.15, 0.2) is 72.8 Å². The Labute approximate surface area is 213 Å². The molecule has 186 valence electrons. The van der Waals surface area contributed by atoms with Crippen LogP contribution < -0.4 is 20.1 Å². The Morgan fingerprint density at radius 3 is 2.38 bits per heavy atom. The van der Waals surface area contributed by atoms with Crippen molar-refractivity contribution in [2.24, 2.45) is 11.1 Å². The molecular formula is C29H24FN3O4. The number of nitrogens with zero attached hydrogens (tertiary/aromatic N) is 2. The topological polar surface area (TPSA) is 106 Å². The third-order valence-corrected chi connectivity index (χ3v) is 7.30. The third kappa shape index (κ3) is 3.54. The number of ether oxygens (including phenoxy) is 2. The van der Waals surface area contributed by atoms with Crippen molar-refractivity contribution in [1.82, 2.24) is 0 Å². The maximum Gasteiger partial charge on any atom is 0.241 e. The first-order valence-electron chi connectivity index (χ1n) is 11.7. The number of primary amides is 1. The van der Waals surface area contributed by atoms with Gasteiger partial charge in [0.1, 0.15) is 11.9 Å². The van der Waals surface area contributed by atoms with E-state index < -0.39 is 35.1 Å². The van der Waals surface area contributed by atoms with E-state index in [0.717, 1.165) is 5.56 Å². The van der Waals surface area contributed by atoms with Gasteiger partial charge in [-0.25, -0.2) is 4.39 Å². The van der Waals surface area contributed by atoms with Gasteiger partial charge in [-0.3, -0.25) is 9.59 Å². The number of halogens is 1. The minimum absolute atomic E-state index is 0.251. The standard InChI is InChI=1S/C29H24FN3O4/c1-36-22-13-9-19(15-23(22)37-2)25-26(27(34)18-7-11-20(30)12-8-18)33-21-6-4-3-5-17(21)10-14-24(33)29(25,16-31)28(32)35/h3-15,24-26H,1-2H3,(H2,32,35)/t24-,25+,26+,29+/m0/s1. The van der Waals surface area contributed by atoms with Gasteiger partial charge in [0.25, 0.3) is 0 Å². The maximum absolute atomic E-state index is 14.2. The van der Waals surface area contributed by atoms with Crippen LogP contribution in [0.3, 0.4) is 0 Å². The molecule has 0 unspecified atom stereocenters. The molecule has 2 aliphatic rings. The van der Waals surface area contributed by atoms with E-state index in [1.165, 1.54) is 38.5 Å². The summed E-state index contributed by atoms with van der Waals surface area (Å²) in [6, 6.07) is 18.1. The van der Waals surface area contributed by atoms with E-state index in [-0.39, 0.29) is 11.3 Å². The first kappa shape index (κ1) is 24.1. The van der Waals surface area contributed by atoms with Crippen molar-refractivity contribution in [3.8, 4) is 17.6 Å². The van der Waals surface area contributed by atoms with Crippen LogP contribution in [-0.2, 0) is 4.79 Å². The number of methoxy groups -OCH3 is 2. The van der Waals surface area contributed by atoms with Gasteiger partial charge < -0.3 is 20.1 Å². The number of anilines is 1. The number of nitriles is 1. The molecule has 0 spiro atoms. The number of para-hydroxylation sites is 1. The van der Waals surface area contributed by atoms with Crippen molar-refractivity contribution < 1.29 is 23.5 Å². The van der Waals surface area contributed by atoms with Crippen molar-refractivity contribution in [1.29, 1.82) is 5.26 Å². The average molecular weight is 498 g/mol. The second kappa shape index (κ2) is 9.10. The first-order valence-corrected chi connectivity index (χ1v) is 11.7. The van der Waals surface area contributed by atoms with Crippen molar-refractivity contribution in [3.05, 3.63) is 95.3 Å². The second-order valence-corrected chi connectivity index (χ2v) is 9.02. The largest absolute Gasteiger partial charge is 0.493 e. The van der Waals surface area contributed by atoms with Crippen LogP contribution in [0.2, 0.25) is 0 Å². The van der Waals surface area contributed by atoms with Gasteiger partial charge in [0.2, 0.25) is 5.91 Å². The van der Waals surface area contributed by atoms with Gasteiger partial charge in [0, 0.05) is 17.2 Å². The van der Waals surface area contributed by atoms with Gasteiger partial charge in [0.05, 0.1) is 26.3 Å². The van der Waals surface area contributed by atoms with E-state index >= 15 is 0 Å². The van der Waals surface area contributed by atoms with Crippen LogP contribution in [0.25, 0.3) is 6.08 Å². The Hall–Kier alpha value is -4.64. The van der Waals surface area contributed by atoms with Crippen LogP contribution in [0.4, 0.5) is 10.1 Å². The zero-order chi connectivity index (χ0) is 26.3. The number of amides is 1. The monoisotopic (exact) mass is 497 g/mol. The van der Waals surface area contributed by atoms with Gasteiger partial charge in [-0.2, -0.15) is 5.26 Å². The molecule has 3 aromatic carbocycles. The van der Waals surface area contributed by atoms with Crippen molar-refractivity contribution in [3.63, 3.8) is 0 Å². The Balaban J connectivity index is 1.81. The fourth-order valence-electron chi connectivity index (χ4n) is 5.63. The van der Waals surface area contributed by atoms with E-state index in [4.69, 9.17) is 15.2 Å². The van der Waals surface area contributed by atoms with Crippen LogP contribution in [0.5, 0.6) is 11.5 Å². The molecule has 8 heteroatoms. The number of hydrogen-bond acceptors (Lipinski definition) is 6. The molecule has 2 N–H and O–H groups in total. The summed E-state index contributed by atoms with van der Waals surface area (Å²) in [7, 11) is 2.98. The van der Waals surface area contributed by atoms with Crippen molar-refractivity contribution >= 4 is 23.5 Å². The number of hydrogen-bond donors (Lipinski definition) is 1. The predicted octanol–water partition coefficient (Wildman–Crippen LogP) is 4.09. The molecule has 0 aliphatic carbocycles. The summed E-state index contributed by atoms with van der Waals surface area (Å²) >= 11 is 0. The molecule has 2 aliphatic heterocycles. The van der Waals surface area contributed by atoms with E-state index in [2.05, 4.69) is 6.07 Å². The summed E-state index contributed by atoms with van der Waals surface area (Å²) in [5, 5.41) is 10.6. The SMILES string of the molecule is COc1ccc([C@@H]2[C@H](C(=O)c3ccc(F)cc3)N3c4ccccc4C=C[C@H]3[C@@]2(C#N)C(N)=O)cc1OC. The highest BCUT2D eigenvalue weighted by atomic mass is 19.1. The Morgan fingerprint density at radius 2 is 1.73 bits per heavy atom. The quantitative estimate of drug-likeness (QED) is 0.515. The molecule has 2 heterocycles. The van der Waals surface area contributed by atoms with Crippen LogP contribution in [0.1, 0.15) is 27.4 Å². The molecule has 5 rings (SSSR count). The molecule has 7 nitrogen and oxygen atoms in total. The Bertz CT molecular complexity index is 1460. The lowest BCUT2D eigenvalue weighted by atomic mass is 9.67. The molecule has 4 atom stereocenters. The summed E-state index contributed by atoms with van der Waals surface area (Å²) in [5.41, 5.74) is 6.50. The first-order chi connectivity index (χ1) is 17.9. The lowest BCUT2D eigenvalue weighted by Crippen LogP contribution is -2.49. The van der Waals surface area contributed by atoms with Gasteiger partial charge >= 0.3 is 0 Å². The summed E-state index contributed by atoms with van der Waals surface area (Å²) in [5.74, 6) is -1.84. The molecule has 37 heavy (non-hydrogen) atoms. The molecule has 1 amide bonds. The molecule has 1 saturated heterocycles. The number of benzene rings is 3. The highest BCUT2D eigenvalue weighted by molar-refractivity contribution is 6.06. The molecule has 0 bridgehead atoms. The van der Waals surface area contributed by atoms with Crippen LogP contribution in [0, 0.1) is 22.6 Å². The van der Waals surface area contributed by atoms with E-state index in [1.54, 1.807) is 29.2 Å². The summed E-state index contributed by atoms with van der Waals surface area (Å²) in [4.78, 5) is 29.3. The minimum Gasteiger partial charge on any atom is -0.493 e. The number of rotatable bonds is 6. The number of ketones is 1. The van der Waals surface area contributed by atoms with Gasteiger partial charge in [-0.1, -0.05) is 36.4 Å². The zero-order valence-electron chi connectivity index (χ0n) is 20.2. The molecular weight excluding hydrogens is 473 g/mol. The smallest absolute Gasteiger partial charge is 0.241 e. The number of nitrogens with two attached hydrogens (primary N) is 1. The van der Waals surface area contributed by atoms with Crippen molar-refractivity contribution in [2.75, 3.05) is 19.1 Å². The minimum atomic E-state index is -1.80. The number of Topliss-reactive ketones (excluding diaryl/α,β-unsaturated/α-hetero) is 1. The molecule has 0 saturated carbocycles. The molecule has 1 fully saturated rings. The van der Waals surface area contributed by atoms with Crippen molar-refractivity contribution in [2.45, 2.75) is 18.0 Å². The molecule has 0 radical (unpaired) electrons. The zero-order valence-corrected chi connectivity index (χ0v) is 20.2. The highest BCUT2D eigenvalue weighted by Crippen LogP contribution is 2.56.